The van der Waals surface area contributed by atoms with E-state index >= 15 is 0 Å². The van der Waals surface area contributed by atoms with Gasteiger partial charge < -0.3 is 14.5 Å². The van der Waals surface area contributed by atoms with E-state index in [-0.39, 0.29) is 11.8 Å². The maximum Gasteiger partial charge on any atom is 0.224 e. The van der Waals surface area contributed by atoms with Crippen LogP contribution in [0.15, 0.2) is 0 Å². The molecule has 0 aromatic heterocycles. The van der Waals surface area contributed by atoms with Gasteiger partial charge >= 0.3 is 0 Å². The lowest BCUT2D eigenvalue weighted by Gasteiger charge is -2.21. The van der Waals surface area contributed by atoms with Crippen LogP contribution in [0.1, 0.15) is 26.2 Å². The number of carbonyl (C=O) groups is 2. The topological polar surface area (TPSA) is 49.9 Å². The van der Waals surface area contributed by atoms with Gasteiger partial charge in [0.05, 0.1) is 13.0 Å². The summed E-state index contributed by atoms with van der Waals surface area (Å²) in [7, 11) is 1.59. The van der Waals surface area contributed by atoms with Crippen molar-refractivity contribution in [2.24, 2.45) is 0 Å². The highest BCUT2D eigenvalue weighted by molar-refractivity contribution is 5.77. The minimum Gasteiger partial charge on any atom is -0.384 e. The van der Waals surface area contributed by atoms with E-state index < -0.39 is 0 Å². The fourth-order valence-electron chi connectivity index (χ4n) is 1.99. The van der Waals surface area contributed by atoms with Gasteiger partial charge in [0, 0.05) is 39.7 Å². The maximum atomic E-state index is 11.8. The Bertz CT molecular complexity index is 268. The van der Waals surface area contributed by atoms with Crippen molar-refractivity contribution in [3.8, 4) is 0 Å². The lowest BCUT2D eigenvalue weighted by atomic mass is 10.3. The molecule has 5 nitrogen and oxygen atoms in total. The Hall–Kier alpha value is -1.10. The van der Waals surface area contributed by atoms with Gasteiger partial charge in [0.1, 0.15) is 0 Å². The van der Waals surface area contributed by atoms with E-state index in [4.69, 9.17) is 4.74 Å². The summed E-state index contributed by atoms with van der Waals surface area (Å²) < 4.78 is 4.90. The largest absolute Gasteiger partial charge is 0.384 e. The normalized spacial score (nSPS) is 16.8. The minimum atomic E-state index is 0.123. The van der Waals surface area contributed by atoms with Crippen LogP contribution >= 0.6 is 0 Å². The molecule has 0 aliphatic carbocycles. The van der Waals surface area contributed by atoms with Crippen LogP contribution in [0.25, 0.3) is 0 Å². The molecule has 0 saturated carbocycles. The Morgan fingerprint density at radius 3 is 2.18 bits per heavy atom. The second-order valence-electron chi connectivity index (χ2n) is 4.21. The quantitative estimate of drug-likeness (QED) is 0.721. The van der Waals surface area contributed by atoms with Crippen molar-refractivity contribution in [1.82, 2.24) is 9.80 Å². The third-order valence-electron chi connectivity index (χ3n) is 3.02. The first-order chi connectivity index (χ1) is 8.19. The summed E-state index contributed by atoms with van der Waals surface area (Å²) in [6.07, 6.45) is 1.83. The van der Waals surface area contributed by atoms with Crippen molar-refractivity contribution in [2.75, 3.05) is 39.9 Å². The molecular weight excluding hydrogens is 220 g/mol. The molecule has 0 aromatic rings. The van der Waals surface area contributed by atoms with Crippen LogP contribution < -0.4 is 0 Å². The van der Waals surface area contributed by atoms with Gasteiger partial charge in [-0.3, -0.25) is 9.59 Å². The highest BCUT2D eigenvalue weighted by Gasteiger charge is 2.20. The van der Waals surface area contributed by atoms with Gasteiger partial charge in [-0.25, -0.2) is 0 Å². The van der Waals surface area contributed by atoms with E-state index in [1.165, 1.54) is 0 Å². The zero-order chi connectivity index (χ0) is 12.7. The zero-order valence-electron chi connectivity index (χ0n) is 10.8. The first-order valence-electron chi connectivity index (χ1n) is 6.23. The molecule has 0 atom stereocenters. The molecule has 1 heterocycles. The van der Waals surface area contributed by atoms with Gasteiger partial charge in [-0.1, -0.05) is 6.92 Å². The molecule has 0 bridgehead atoms. The van der Waals surface area contributed by atoms with Crippen molar-refractivity contribution in [2.45, 2.75) is 26.2 Å². The lowest BCUT2D eigenvalue weighted by Crippen LogP contribution is -2.37. The summed E-state index contributed by atoms with van der Waals surface area (Å²) in [5.41, 5.74) is 0. The SMILES string of the molecule is CCC(=O)N1CCCN(C(=O)CCOC)CC1. The zero-order valence-corrected chi connectivity index (χ0v) is 10.8. The van der Waals surface area contributed by atoms with E-state index in [1.807, 2.05) is 16.7 Å². The first kappa shape index (κ1) is 14.0. The predicted molar refractivity (Wildman–Crippen MR) is 64.6 cm³/mol. The van der Waals surface area contributed by atoms with Gasteiger partial charge in [-0.15, -0.1) is 0 Å². The van der Waals surface area contributed by atoms with Crippen LogP contribution in [0.3, 0.4) is 0 Å². The molecular formula is C12H22N2O3. The molecule has 0 N–H and O–H groups in total. The fourth-order valence-corrected chi connectivity index (χ4v) is 1.99. The summed E-state index contributed by atoms with van der Waals surface area (Å²) in [5, 5.41) is 0. The molecule has 5 heteroatoms. The highest BCUT2D eigenvalue weighted by atomic mass is 16.5. The van der Waals surface area contributed by atoms with E-state index in [2.05, 4.69) is 0 Å². The Morgan fingerprint density at radius 1 is 1.06 bits per heavy atom. The number of amides is 2. The molecule has 1 saturated heterocycles. The molecule has 0 spiro atoms. The van der Waals surface area contributed by atoms with E-state index in [9.17, 15) is 9.59 Å². The Morgan fingerprint density at radius 2 is 1.65 bits per heavy atom. The van der Waals surface area contributed by atoms with Crippen molar-refractivity contribution >= 4 is 11.8 Å². The third-order valence-corrected chi connectivity index (χ3v) is 3.02. The molecule has 1 aliphatic rings. The maximum absolute atomic E-state index is 11.8. The monoisotopic (exact) mass is 242 g/mol. The minimum absolute atomic E-state index is 0.123. The highest BCUT2D eigenvalue weighted by Crippen LogP contribution is 2.06. The average Bonchev–Trinajstić information content (AvgIpc) is 2.60. The van der Waals surface area contributed by atoms with Crippen LogP contribution in [-0.4, -0.2) is 61.5 Å². The number of carbonyl (C=O) groups excluding carboxylic acids is 2. The number of methoxy groups -OCH3 is 1. The number of ether oxygens (including phenoxy) is 1. The number of rotatable bonds is 4. The standard InChI is InChI=1S/C12H22N2O3/c1-3-11(15)13-6-4-7-14(9-8-13)12(16)5-10-17-2/h3-10H2,1-2H3. The Balaban J connectivity index is 2.41. The Kier molecular flexibility index (Phi) is 5.97. The summed E-state index contributed by atoms with van der Waals surface area (Å²) >= 11 is 0. The Labute approximate surface area is 103 Å². The van der Waals surface area contributed by atoms with Crippen molar-refractivity contribution in [3.05, 3.63) is 0 Å². The van der Waals surface area contributed by atoms with Gasteiger partial charge in [0.15, 0.2) is 0 Å². The van der Waals surface area contributed by atoms with Crippen LogP contribution in [0.2, 0.25) is 0 Å². The summed E-state index contributed by atoms with van der Waals surface area (Å²) in [4.78, 5) is 27.1. The number of hydrogen-bond acceptors (Lipinski definition) is 3. The number of nitrogens with zero attached hydrogens (tertiary/aromatic N) is 2. The fraction of sp³-hybridized carbons (Fsp3) is 0.833. The molecule has 1 rings (SSSR count). The van der Waals surface area contributed by atoms with E-state index in [0.29, 0.717) is 32.5 Å². The van der Waals surface area contributed by atoms with Gasteiger partial charge in [-0.2, -0.15) is 0 Å². The van der Waals surface area contributed by atoms with Crippen LogP contribution in [-0.2, 0) is 14.3 Å². The third kappa shape index (κ3) is 4.34. The summed E-state index contributed by atoms with van der Waals surface area (Å²) in [5.74, 6) is 0.300. The molecule has 98 valence electrons. The molecule has 1 fully saturated rings. The van der Waals surface area contributed by atoms with Crippen molar-refractivity contribution in [3.63, 3.8) is 0 Å². The second-order valence-corrected chi connectivity index (χ2v) is 4.21. The molecule has 0 unspecified atom stereocenters. The van der Waals surface area contributed by atoms with Gasteiger partial charge in [0.25, 0.3) is 0 Å². The predicted octanol–water partition coefficient (Wildman–Crippen LogP) is 0.494. The second kappa shape index (κ2) is 7.27. The molecule has 0 aromatic carbocycles. The molecule has 17 heavy (non-hydrogen) atoms. The van der Waals surface area contributed by atoms with E-state index in [0.717, 1.165) is 19.5 Å². The van der Waals surface area contributed by atoms with Crippen LogP contribution in [0.4, 0.5) is 0 Å². The molecule has 0 radical (unpaired) electrons. The molecule has 2 amide bonds. The van der Waals surface area contributed by atoms with Crippen LogP contribution in [0, 0.1) is 0 Å². The summed E-state index contributed by atoms with van der Waals surface area (Å²) in [6.45, 7) is 5.15. The van der Waals surface area contributed by atoms with Crippen molar-refractivity contribution < 1.29 is 14.3 Å². The first-order valence-corrected chi connectivity index (χ1v) is 6.23. The van der Waals surface area contributed by atoms with E-state index in [1.54, 1.807) is 7.11 Å². The molecule has 1 aliphatic heterocycles. The lowest BCUT2D eigenvalue weighted by molar-refractivity contribution is -0.133. The van der Waals surface area contributed by atoms with Crippen LogP contribution in [0.5, 0.6) is 0 Å². The smallest absolute Gasteiger partial charge is 0.224 e. The summed E-state index contributed by atoms with van der Waals surface area (Å²) in [6, 6.07) is 0. The van der Waals surface area contributed by atoms with Gasteiger partial charge in [-0.05, 0) is 6.42 Å². The van der Waals surface area contributed by atoms with Gasteiger partial charge in [0.2, 0.25) is 11.8 Å². The van der Waals surface area contributed by atoms with Crippen molar-refractivity contribution in [1.29, 1.82) is 0 Å². The average molecular weight is 242 g/mol. The number of hydrogen-bond donors (Lipinski definition) is 0.